The van der Waals surface area contributed by atoms with Gasteiger partial charge in [-0.15, -0.1) is 0 Å². The number of carbonyl (C=O) groups is 1. The zero-order valence-electron chi connectivity index (χ0n) is 17.4. The molecule has 0 aliphatic carbocycles. The van der Waals surface area contributed by atoms with E-state index in [-0.39, 0.29) is 22.4 Å². The molecule has 8 nitrogen and oxygen atoms in total. The van der Waals surface area contributed by atoms with Gasteiger partial charge in [0, 0.05) is 12.6 Å². The van der Waals surface area contributed by atoms with Gasteiger partial charge in [-0.05, 0) is 61.7 Å². The summed E-state index contributed by atoms with van der Waals surface area (Å²) in [4.78, 5) is 11.4. The summed E-state index contributed by atoms with van der Waals surface area (Å²) in [5.41, 5.74) is 3.85. The van der Waals surface area contributed by atoms with Crippen molar-refractivity contribution >= 4 is 27.5 Å². The number of ether oxygens (including phenoxy) is 1. The molecule has 3 aromatic rings. The van der Waals surface area contributed by atoms with Crippen molar-refractivity contribution in [3.8, 4) is 16.9 Å². The summed E-state index contributed by atoms with van der Waals surface area (Å²) in [6, 6.07) is 10.2. The predicted octanol–water partition coefficient (Wildman–Crippen LogP) is 4.03. The zero-order valence-corrected chi connectivity index (χ0v) is 18.2. The highest BCUT2D eigenvalue weighted by molar-refractivity contribution is 7.92. The Bertz CT molecular complexity index is 1200. The van der Waals surface area contributed by atoms with Gasteiger partial charge < -0.3 is 9.26 Å². The second kappa shape index (κ2) is 8.19. The summed E-state index contributed by atoms with van der Waals surface area (Å²) >= 11 is 0. The molecule has 2 N–H and O–H groups in total. The molecule has 0 unspecified atom stereocenters. The molecule has 1 amide bonds. The molecule has 0 saturated carbocycles. The van der Waals surface area contributed by atoms with E-state index in [1.807, 2.05) is 19.9 Å². The molecule has 0 aliphatic rings. The van der Waals surface area contributed by atoms with E-state index in [2.05, 4.69) is 15.2 Å². The Morgan fingerprint density at radius 3 is 2.33 bits per heavy atom. The fourth-order valence-corrected chi connectivity index (χ4v) is 4.48. The van der Waals surface area contributed by atoms with Gasteiger partial charge in [0.25, 0.3) is 10.0 Å². The number of hydrogen-bond donors (Lipinski definition) is 2. The molecule has 1 aromatic heterocycles. The number of carbonyl (C=O) groups excluding carboxylic acids is 1. The van der Waals surface area contributed by atoms with Crippen LogP contribution in [0.4, 0.5) is 11.6 Å². The van der Waals surface area contributed by atoms with Crippen LogP contribution >= 0.6 is 0 Å². The summed E-state index contributed by atoms with van der Waals surface area (Å²) in [6.45, 7) is 6.84. The summed E-state index contributed by atoms with van der Waals surface area (Å²) in [5.74, 6) is 0.00633. The van der Waals surface area contributed by atoms with E-state index in [9.17, 15) is 13.2 Å². The molecule has 3 rings (SSSR count). The van der Waals surface area contributed by atoms with Crippen LogP contribution < -0.4 is 14.8 Å². The van der Waals surface area contributed by atoms with Crippen LogP contribution in [0.2, 0.25) is 0 Å². The number of nitrogens with one attached hydrogen (secondary N) is 2. The Labute approximate surface area is 175 Å². The topological polar surface area (TPSA) is 111 Å². The van der Waals surface area contributed by atoms with Gasteiger partial charge >= 0.3 is 0 Å². The molecule has 158 valence electrons. The standard InChI is InChI=1S/C21H23N3O5S/c1-12-8-13(2)10-17(9-12)24-30(26,27)19-11-16(6-7-18(19)28-5)20-14(3)23-29-21(20)22-15(4)25/h6-11,24H,1-5H3,(H,22,25). The molecule has 2 aromatic carbocycles. The predicted molar refractivity (Wildman–Crippen MR) is 114 cm³/mol. The lowest BCUT2D eigenvalue weighted by Crippen LogP contribution is -2.14. The molecule has 9 heteroatoms. The van der Waals surface area contributed by atoms with Gasteiger partial charge in [0.1, 0.15) is 10.6 Å². The third kappa shape index (κ3) is 4.46. The van der Waals surface area contributed by atoms with E-state index in [0.29, 0.717) is 22.5 Å². The monoisotopic (exact) mass is 429 g/mol. The van der Waals surface area contributed by atoms with E-state index in [4.69, 9.17) is 9.26 Å². The summed E-state index contributed by atoms with van der Waals surface area (Å²) in [5, 5.41) is 6.45. The average Bonchev–Trinajstić information content (AvgIpc) is 2.99. The number of aromatic nitrogens is 1. The highest BCUT2D eigenvalue weighted by Crippen LogP contribution is 2.36. The van der Waals surface area contributed by atoms with Crippen LogP contribution in [-0.2, 0) is 14.8 Å². The zero-order chi connectivity index (χ0) is 22.1. The fraction of sp³-hybridized carbons (Fsp3) is 0.238. The second-order valence-corrected chi connectivity index (χ2v) is 8.65. The van der Waals surface area contributed by atoms with E-state index in [0.717, 1.165) is 11.1 Å². The third-order valence-electron chi connectivity index (χ3n) is 4.37. The summed E-state index contributed by atoms with van der Waals surface area (Å²) in [6.07, 6.45) is 0. The van der Waals surface area contributed by atoms with Gasteiger partial charge in [-0.3, -0.25) is 14.8 Å². The molecule has 1 heterocycles. The SMILES string of the molecule is COc1ccc(-c2c(C)noc2NC(C)=O)cc1S(=O)(=O)Nc1cc(C)cc(C)c1. The lowest BCUT2D eigenvalue weighted by atomic mass is 10.1. The molecule has 0 bridgehead atoms. The molecule has 0 saturated heterocycles. The smallest absolute Gasteiger partial charge is 0.265 e. The number of anilines is 2. The van der Waals surface area contributed by atoms with Crippen LogP contribution in [-0.4, -0.2) is 26.6 Å². The van der Waals surface area contributed by atoms with Crippen LogP contribution in [0.25, 0.3) is 11.1 Å². The fourth-order valence-electron chi connectivity index (χ4n) is 3.24. The Balaban J connectivity index is 2.09. The quantitative estimate of drug-likeness (QED) is 0.612. The molecule has 0 aliphatic heterocycles. The van der Waals surface area contributed by atoms with E-state index >= 15 is 0 Å². The minimum absolute atomic E-state index is 0.0453. The normalized spacial score (nSPS) is 11.2. The maximum Gasteiger partial charge on any atom is 0.265 e. The van der Waals surface area contributed by atoms with Crippen LogP contribution in [0, 0.1) is 20.8 Å². The van der Waals surface area contributed by atoms with Crippen LogP contribution in [0.5, 0.6) is 5.75 Å². The Kier molecular flexibility index (Phi) is 5.84. The molecule has 0 radical (unpaired) electrons. The molecule has 0 fully saturated rings. The summed E-state index contributed by atoms with van der Waals surface area (Å²) < 4.78 is 39.4. The van der Waals surface area contributed by atoms with Crippen molar-refractivity contribution in [2.24, 2.45) is 0 Å². The van der Waals surface area contributed by atoms with Crippen LogP contribution in [0.1, 0.15) is 23.7 Å². The van der Waals surface area contributed by atoms with E-state index in [1.165, 1.54) is 20.1 Å². The molecule has 0 spiro atoms. The van der Waals surface area contributed by atoms with Crippen molar-refractivity contribution < 1.29 is 22.5 Å². The largest absolute Gasteiger partial charge is 0.495 e. The summed E-state index contributed by atoms with van der Waals surface area (Å²) in [7, 11) is -2.56. The first-order valence-corrected chi connectivity index (χ1v) is 10.6. The number of nitrogens with zero attached hydrogens (tertiary/aromatic N) is 1. The van der Waals surface area contributed by atoms with Crippen LogP contribution in [0.15, 0.2) is 45.8 Å². The van der Waals surface area contributed by atoms with Gasteiger partial charge in [-0.1, -0.05) is 17.3 Å². The minimum atomic E-state index is -3.97. The first kappa shape index (κ1) is 21.4. The van der Waals surface area contributed by atoms with Crippen molar-refractivity contribution in [3.63, 3.8) is 0 Å². The van der Waals surface area contributed by atoms with E-state index < -0.39 is 10.0 Å². The maximum absolute atomic E-state index is 13.2. The van der Waals surface area contributed by atoms with E-state index in [1.54, 1.807) is 31.2 Å². The van der Waals surface area contributed by atoms with Gasteiger partial charge in [0.2, 0.25) is 11.8 Å². The van der Waals surface area contributed by atoms with Gasteiger partial charge in [-0.25, -0.2) is 8.42 Å². The van der Waals surface area contributed by atoms with Crippen molar-refractivity contribution in [2.75, 3.05) is 17.1 Å². The Morgan fingerprint density at radius 1 is 1.07 bits per heavy atom. The van der Waals surface area contributed by atoms with Crippen molar-refractivity contribution in [1.82, 2.24) is 5.16 Å². The van der Waals surface area contributed by atoms with Crippen molar-refractivity contribution in [1.29, 1.82) is 0 Å². The number of aryl methyl sites for hydroxylation is 3. The van der Waals surface area contributed by atoms with Gasteiger partial charge in [0.15, 0.2) is 0 Å². The number of amides is 1. The highest BCUT2D eigenvalue weighted by Gasteiger charge is 2.24. The van der Waals surface area contributed by atoms with Crippen LogP contribution in [0.3, 0.4) is 0 Å². The number of benzene rings is 2. The number of hydrogen-bond acceptors (Lipinski definition) is 6. The average molecular weight is 429 g/mol. The number of methoxy groups -OCH3 is 1. The first-order chi connectivity index (χ1) is 14.1. The Morgan fingerprint density at radius 2 is 1.73 bits per heavy atom. The van der Waals surface area contributed by atoms with Gasteiger partial charge in [-0.2, -0.15) is 0 Å². The number of rotatable bonds is 6. The molecular formula is C21H23N3O5S. The molecule has 0 atom stereocenters. The number of sulfonamides is 1. The maximum atomic E-state index is 13.2. The van der Waals surface area contributed by atoms with Crippen molar-refractivity contribution in [2.45, 2.75) is 32.6 Å². The van der Waals surface area contributed by atoms with Gasteiger partial charge in [0.05, 0.1) is 18.4 Å². The molecule has 30 heavy (non-hydrogen) atoms. The first-order valence-electron chi connectivity index (χ1n) is 9.14. The lowest BCUT2D eigenvalue weighted by Gasteiger charge is -2.14. The highest BCUT2D eigenvalue weighted by atomic mass is 32.2. The molecular weight excluding hydrogens is 406 g/mol. The Hall–Kier alpha value is -3.33. The third-order valence-corrected chi connectivity index (χ3v) is 5.77. The lowest BCUT2D eigenvalue weighted by molar-refractivity contribution is -0.114. The van der Waals surface area contributed by atoms with Crippen molar-refractivity contribution in [3.05, 3.63) is 53.2 Å². The minimum Gasteiger partial charge on any atom is -0.495 e. The second-order valence-electron chi connectivity index (χ2n) is 7.00.